The summed E-state index contributed by atoms with van der Waals surface area (Å²) < 4.78 is 18.2. The van der Waals surface area contributed by atoms with E-state index in [1.54, 1.807) is 0 Å². The zero-order valence-corrected chi connectivity index (χ0v) is 9.60. The van der Waals surface area contributed by atoms with Gasteiger partial charge < -0.3 is 14.9 Å². The zero-order chi connectivity index (χ0) is 13.1. The van der Waals surface area contributed by atoms with E-state index >= 15 is 0 Å². The number of benzene rings is 1. The maximum Gasteiger partial charge on any atom is 0.363 e. The number of nitro groups is 1. The van der Waals surface area contributed by atoms with Crippen molar-refractivity contribution >= 4 is 17.4 Å². The van der Waals surface area contributed by atoms with Crippen LogP contribution in [0.3, 0.4) is 0 Å². The number of halogens is 2. The molecule has 0 fully saturated rings. The van der Waals surface area contributed by atoms with E-state index in [4.69, 9.17) is 16.3 Å². The number of hydrogen-bond acceptors (Lipinski definition) is 4. The fourth-order valence-electron chi connectivity index (χ4n) is 1.22. The number of ether oxygens (including phenoxy) is 1. The van der Waals surface area contributed by atoms with Crippen LogP contribution in [0.2, 0.25) is 5.02 Å². The fraction of sp³-hybridized carbons (Fsp3) is 0. The SMILES string of the molecule is O=[N+]([O-])c1ccc(Oc2ccc(F)c(Cl)c2)cn1. The molecule has 0 spiro atoms. The van der Waals surface area contributed by atoms with Crippen LogP contribution >= 0.6 is 11.6 Å². The molecule has 1 aromatic carbocycles. The van der Waals surface area contributed by atoms with Gasteiger partial charge in [-0.15, -0.1) is 0 Å². The van der Waals surface area contributed by atoms with Crippen LogP contribution < -0.4 is 4.74 Å². The molecule has 1 heterocycles. The number of nitrogens with zero attached hydrogens (tertiary/aromatic N) is 2. The van der Waals surface area contributed by atoms with E-state index in [9.17, 15) is 14.5 Å². The molecule has 0 aliphatic heterocycles. The summed E-state index contributed by atoms with van der Waals surface area (Å²) in [6, 6.07) is 6.46. The summed E-state index contributed by atoms with van der Waals surface area (Å²) >= 11 is 5.59. The van der Waals surface area contributed by atoms with Gasteiger partial charge >= 0.3 is 5.82 Å². The molecule has 0 amide bonds. The lowest BCUT2D eigenvalue weighted by molar-refractivity contribution is -0.389. The lowest BCUT2D eigenvalue weighted by atomic mass is 10.3. The molecule has 18 heavy (non-hydrogen) atoms. The van der Waals surface area contributed by atoms with Crippen LogP contribution in [0.25, 0.3) is 0 Å². The normalized spacial score (nSPS) is 10.1. The van der Waals surface area contributed by atoms with Crippen LogP contribution in [0.1, 0.15) is 0 Å². The van der Waals surface area contributed by atoms with E-state index in [0.717, 1.165) is 6.07 Å². The second-order valence-corrected chi connectivity index (χ2v) is 3.69. The van der Waals surface area contributed by atoms with Gasteiger partial charge in [-0.1, -0.05) is 11.6 Å². The largest absolute Gasteiger partial charge is 0.453 e. The Balaban J connectivity index is 2.18. The Hall–Kier alpha value is -2.21. The van der Waals surface area contributed by atoms with Gasteiger partial charge in [0, 0.05) is 12.1 Å². The minimum absolute atomic E-state index is 0.0672. The van der Waals surface area contributed by atoms with Gasteiger partial charge in [0.2, 0.25) is 0 Å². The van der Waals surface area contributed by atoms with Crippen molar-refractivity contribution in [3.05, 3.63) is 57.5 Å². The van der Waals surface area contributed by atoms with Crippen molar-refractivity contribution in [2.24, 2.45) is 0 Å². The number of hydrogen-bond donors (Lipinski definition) is 0. The molecule has 0 radical (unpaired) electrons. The Bertz CT molecular complexity index is 589. The molecule has 0 atom stereocenters. The molecule has 0 unspecified atom stereocenters. The molecule has 7 heteroatoms. The maximum atomic E-state index is 12.9. The van der Waals surface area contributed by atoms with E-state index in [2.05, 4.69) is 4.98 Å². The van der Waals surface area contributed by atoms with Crippen LogP contribution in [-0.4, -0.2) is 9.91 Å². The van der Waals surface area contributed by atoms with Crippen LogP contribution in [0.4, 0.5) is 10.2 Å². The van der Waals surface area contributed by atoms with Gasteiger partial charge in [0.05, 0.1) is 5.02 Å². The molecule has 0 N–H and O–H groups in total. The van der Waals surface area contributed by atoms with Gasteiger partial charge in [-0.05, 0) is 28.1 Å². The second kappa shape index (κ2) is 4.97. The lowest BCUT2D eigenvalue weighted by Crippen LogP contribution is -1.92. The summed E-state index contributed by atoms with van der Waals surface area (Å²) in [6.45, 7) is 0. The molecule has 0 aliphatic rings. The van der Waals surface area contributed by atoms with Crippen LogP contribution in [0.5, 0.6) is 11.5 Å². The molecule has 0 saturated heterocycles. The molecule has 2 aromatic rings. The third-order valence-corrected chi connectivity index (χ3v) is 2.32. The minimum atomic E-state index is -0.613. The third kappa shape index (κ3) is 2.72. The van der Waals surface area contributed by atoms with E-state index < -0.39 is 10.7 Å². The Morgan fingerprint density at radius 2 is 2.00 bits per heavy atom. The standard InChI is InChI=1S/C11H6ClFN2O3/c12-9-5-7(1-3-10(9)13)18-8-2-4-11(14-6-8)15(16)17/h1-6H. The Morgan fingerprint density at radius 3 is 2.56 bits per heavy atom. The van der Waals surface area contributed by atoms with Gasteiger partial charge in [-0.3, -0.25) is 0 Å². The average molecular weight is 269 g/mol. The predicted molar refractivity (Wildman–Crippen MR) is 62.4 cm³/mol. The summed E-state index contributed by atoms with van der Waals surface area (Å²) in [6.07, 6.45) is 1.20. The van der Waals surface area contributed by atoms with Gasteiger partial charge in [0.25, 0.3) is 0 Å². The van der Waals surface area contributed by atoms with Crippen molar-refractivity contribution in [2.45, 2.75) is 0 Å². The van der Waals surface area contributed by atoms with Crippen molar-refractivity contribution in [3.63, 3.8) is 0 Å². The van der Waals surface area contributed by atoms with Crippen molar-refractivity contribution in [2.75, 3.05) is 0 Å². The number of rotatable bonds is 3. The van der Waals surface area contributed by atoms with Crippen LogP contribution in [0, 0.1) is 15.9 Å². The third-order valence-electron chi connectivity index (χ3n) is 2.03. The first kappa shape index (κ1) is 12.3. The summed E-state index contributed by atoms with van der Waals surface area (Å²) in [5.41, 5.74) is 0. The Labute approximate surface area is 106 Å². The zero-order valence-electron chi connectivity index (χ0n) is 8.84. The van der Waals surface area contributed by atoms with Crippen molar-refractivity contribution in [3.8, 4) is 11.5 Å². The first-order valence-corrected chi connectivity index (χ1v) is 5.17. The van der Waals surface area contributed by atoms with Crippen molar-refractivity contribution < 1.29 is 14.1 Å². The highest BCUT2D eigenvalue weighted by molar-refractivity contribution is 6.30. The highest BCUT2D eigenvalue weighted by Crippen LogP contribution is 2.26. The highest BCUT2D eigenvalue weighted by Gasteiger charge is 2.08. The molecule has 1 aromatic heterocycles. The van der Waals surface area contributed by atoms with E-state index in [1.165, 1.54) is 30.5 Å². The van der Waals surface area contributed by atoms with E-state index in [0.29, 0.717) is 11.5 Å². The number of aromatic nitrogens is 1. The second-order valence-electron chi connectivity index (χ2n) is 3.29. The fourth-order valence-corrected chi connectivity index (χ4v) is 1.39. The first-order valence-electron chi connectivity index (χ1n) is 4.79. The molecular formula is C11H6ClFN2O3. The molecule has 2 rings (SSSR count). The number of pyridine rings is 1. The lowest BCUT2D eigenvalue weighted by Gasteiger charge is -2.04. The topological polar surface area (TPSA) is 65.3 Å². The summed E-state index contributed by atoms with van der Waals surface area (Å²) in [4.78, 5) is 13.4. The first-order chi connectivity index (χ1) is 8.56. The molecule has 0 aliphatic carbocycles. The molecular weight excluding hydrogens is 263 g/mol. The smallest absolute Gasteiger partial charge is 0.363 e. The predicted octanol–water partition coefficient (Wildman–Crippen LogP) is 3.57. The summed E-state index contributed by atoms with van der Waals surface area (Å²) in [7, 11) is 0. The Kier molecular flexibility index (Phi) is 3.38. The highest BCUT2D eigenvalue weighted by atomic mass is 35.5. The van der Waals surface area contributed by atoms with Crippen LogP contribution in [0.15, 0.2) is 36.5 Å². The Morgan fingerprint density at radius 1 is 1.28 bits per heavy atom. The maximum absolute atomic E-state index is 12.9. The van der Waals surface area contributed by atoms with Gasteiger partial charge in [-0.2, -0.15) is 0 Å². The molecule has 92 valence electrons. The summed E-state index contributed by atoms with van der Waals surface area (Å²) in [5.74, 6) is -0.217. The van der Waals surface area contributed by atoms with Crippen molar-refractivity contribution in [1.29, 1.82) is 0 Å². The van der Waals surface area contributed by atoms with Gasteiger partial charge in [-0.25, -0.2) is 4.39 Å². The molecule has 0 saturated carbocycles. The van der Waals surface area contributed by atoms with Gasteiger partial charge in [0.15, 0.2) is 11.9 Å². The average Bonchev–Trinajstić information content (AvgIpc) is 2.34. The molecule has 0 bridgehead atoms. The monoisotopic (exact) mass is 268 g/mol. The van der Waals surface area contributed by atoms with Crippen LogP contribution in [-0.2, 0) is 0 Å². The summed E-state index contributed by atoms with van der Waals surface area (Å²) in [5, 5.41) is 10.3. The quantitative estimate of drug-likeness (QED) is 0.630. The van der Waals surface area contributed by atoms with E-state index in [1.807, 2.05) is 0 Å². The molecule has 5 nitrogen and oxygen atoms in total. The van der Waals surface area contributed by atoms with Gasteiger partial charge in [0.1, 0.15) is 11.6 Å². The minimum Gasteiger partial charge on any atom is -0.453 e. The van der Waals surface area contributed by atoms with Crippen molar-refractivity contribution in [1.82, 2.24) is 4.98 Å². The van der Waals surface area contributed by atoms with E-state index in [-0.39, 0.29) is 10.8 Å².